The minimum Gasteiger partial charge on any atom is -0.476 e. The highest BCUT2D eigenvalue weighted by Crippen LogP contribution is 2.27. The third-order valence-electron chi connectivity index (χ3n) is 3.18. The molecule has 3 rings (SSSR count). The van der Waals surface area contributed by atoms with E-state index in [-0.39, 0.29) is 17.2 Å². The number of imidazole rings is 1. The predicted molar refractivity (Wildman–Crippen MR) is 82.5 cm³/mol. The number of aromatic nitrogens is 2. The molecule has 23 heavy (non-hydrogen) atoms. The first kappa shape index (κ1) is 15.1. The summed E-state index contributed by atoms with van der Waals surface area (Å²) in [5.41, 5.74) is 1.29. The van der Waals surface area contributed by atoms with E-state index in [4.69, 9.17) is 11.6 Å². The lowest BCUT2D eigenvalue weighted by atomic mass is 10.2. The molecule has 0 aliphatic carbocycles. The van der Waals surface area contributed by atoms with Gasteiger partial charge < -0.3 is 5.11 Å². The lowest BCUT2D eigenvalue weighted by Crippen LogP contribution is -1.96. The normalized spacial score (nSPS) is 11.4. The van der Waals surface area contributed by atoms with E-state index in [0.29, 0.717) is 10.7 Å². The molecule has 2 heterocycles. The van der Waals surface area contributed by atoms with Crippen LogP contribution < -0.4 is 0 Å². The number of pyridine rings is 1. The van der Waals surface area contributed by atoms with Crippen LogP contribution in [0.5, 0.6) is 0 Å². The van der Waals surface area contributed by atoms with Crippen LogP contribution in [0.2, 0.25) is 5.02 Å². The van der Waals surface area contributed by atoms with Gasteiger partial charge in [0, 0.05) is 11.2 Å². The highest BCUT2D eigenvalue weighted by atomic mass is 35.5. The number of azo groups is 1. The molecule has 2 aromatic heterocycles. The Hall–Kier alpha value is -2.80. The largest absolute Gasteiger partial charge is 0.476 e. The summed E-state index contributed by atoms with van der Waals surface area (Å²) in [6, 6.07) is 7.61. The summed E-state index contributed by atoms with van der Waals surface area (Å²) in [7, 11) is 0. The summed E-state index contributed by atoms with van der Waals surface area (Å²) in [5, 5.41) is 17.6. The molecule has 0 amide bonds. The maximum absolute atomic E-state index is 13.4. The van der Waals surface area contributed by atoms with Gasteiger partial charge in [-0.1, -0.05) is 17.7 Å². The van der Waals surface area contributed by atoms with Crippen molar-refractivity contribution in [1.29, 1.82) is 0 Å². The monoisotopic (exact) mass is 332 g/mol. The molecule has 1 N–H and O–H groups in total. The molecule has 0 aliphatic heterocycles. The first-order chi connectivity index (χ1) is 11.0. The molecule has 0 fully saturated rings. The zero-order valence-corrected chi connectivity index (χ0v) is 12.6. The van der Waals surface area contributed by atoms with Gasteiger partial charge >= 0.3 is 5.97 Å². The summed E-state index contributed by atoms with van der Waals surface area (Å²) < 4.78 is 14.6. The van der Waals surface area contributed by atoms with Crippen molar-refractivity contribution in [1.82, 2.24) is 9.38 Å². The molecule has 0 spiro atoms. The van der Waals surface area contributed by atoms with Gasteiger partial charge in [-0.2, -0.15) is 0 Å². The number of rotatable bonds is 3. The Bertz CT molecular complexity index is 952. The lowest BCUT2D eigenvalue weighted by Gasteiger charge is -1.99. The molecule has 8 heteroatoms. The zero-order valence-electron chi connectivity index (χ0n) is 11.9. The molecule has 0 atom stereocenters. The minimum atomic E-state index is -1.27. The van der Waals surface area contributed by atoms with Crippen LogP contribution in [0, 0.1) is 12.7 Å². The van der Waals surface area contributed by atoms with E-state index in [0.717, 1.165) is 11.8 Å². The molecule has 3 aromatic rings. The van der Waals surface area contributed by atoms with Crippen molar-refractivity contribution in [2.75, 3.05) is 0 Å². The van der Waals surface area contributed by atoms with Gasteiger partial charge in [0.15, 0.2) is 11.5 Å². The van der Waals surface area contributed by atoms with E-state index in [9.17, 15) is 14.3 Å². The van der Waals surface area contributed by atoms with Crippen LogP contribution in [0.3, 0.4) is 0 Å². The number of carboxylic acids is 1. The van der Waals surface area contributed by atoms with Crippen molar-refractivity contribution in [2.24, 2.45) is 10.2 Å². The molecule has 1 aromatic carbocycles. The number of carboxylic acid groups (broad SMARTS) is 1. The van der Waals surface area contributed by atoms with Crippen molar-refractivity contribution in [3.05, 3.63) is 58.6 Å². The van der Waals surface area contributed by atoms with E-state index in [1.165, 1.54) is 16.5 Å². The van der Waals surface area contributed by atoms with E-state index in [2.05, 4.69) is 15.2 Å². The van der Waals surface area contributed by atoms with Crippen molar-refractivity contribution < 1.29 is 14.3 Å². The van der Waals surface area contributed by atoms with Gasteiger partial charge in [-0.05, 0) is 36.8 Å². The second kappa shape index (κ2) is 5.77. The molecule has 0 aliphatic rings. The van der Waals surface area contributed by atoms with Crippen LogP contribution >= 0.6 is 11.6 Å². The first-order valence-electron chi connectivity index (χ1n) is 6.54. The van der Waals surface area contributed by atoms with Gasteiger partial charge in [0.25, 0.3) is 0 Å². The number of nitrogens with zero attached hydrogens (tertiary/aromatic N) is 4. The Balaban J connectivity index is 2.12. The Morgan fingerprint density at radius 2 is 2.09 bits per heavy atom. The fourth-order valence-electron chi connectivity index (χ4n) is 1.99. The molecule has 0 radical (unpaired) electrons. The SMILES string of the molecule is Cc1ccc(N=Nc2c(C(=O)O)nc3ccc(F)cn23)cc1Cl. The highest BCUT2D eigenvalue weighted by Gasteiger charge is 2.18. The second-order valence-corrected chi connectivity index (χ2v) is 5.21. The van der Waals surface area contributed by atoms with Gasteiger partial charge in [0.05, 0.1) is 5.69 Å². The summed E-state index contributed by atoms with van der Waals surface area (Å²) >= 11 is 6.01. The molecule has 0 saturated carbocycles. The molecular formula is C15H10ClFN4O2. The van der Waals surface area contributed by atoms with Gasteiger partial charge in [-0.3, -0.25) is 4.40 Å². The molecule has 6 nitrogen and oxygen atoms in total. The smallest absolute Gasteiger partial charge is 0.358 e. The molecule has 0 saturated heterocycles. The molecule has 116 valence electrons. The van der Waals surface area contributed by atoms with Gasteiger partial charge in [-0.15, -0.1) is 10.2 Å². The average Bonchev–Trinajstić information content (AvgIpc) is 2.86. The van der Waals surface area contributed by atoms with Crippen molar-refractivity contribution in [3.63, 3.8) is 0 Å². The maximum atomic E-state index is 13.4. The van der Waals surface area contributed by atoms with E-state index < -0.39 is 11.8 Å². The van der Waals surface area contributed by atoms with Gasteiger partial charge in [0.1, 0.15) is 11.5 Å². The summed E-state index contributed by atoms with van der Waals surface area (Å²) in [6.07, 6.45) is 1.10. The lowest BCUT2D eigenvalue weighted by molar-refractivity contribution is 0.0692. The predicted octanol–water partition coefficient (Wildman–Crippen LogP) is 4.55. The standard InChI is InChI=1S/C15H10ClFN4O2/c1-8-2-4-10(6-11(8)16)19-20-14-13(15(22)23)18-12-5-3-9(17)7-21(12)14/h2-7H,1H3,(H,22,23). The van der Waals surface area contributed by atoms with Crippen molar-refractivity contribution >= 4 is 34.7 Å². The van der Waals surface area contributed by atoms with Crippen molar-refractivity contribution in [3.8, 4) is 0 Å². The van der Waals surface area contributed by atoms with Crippen molar-refractivity contribution in [2.45, 2.75) is 6.92 Å². The van der Waals surface area contributed by atoms with E-state index in [1.54, 1.807) is 18.2 Å². The van der Waals surface area contributed by atoms with Crippen LogP contribution in [0.1, 0.15) is 16.1 Å². The number of benzene rings is 1. The summed E-state index contributed by atoms with van der Waals surface area (Å²) in [6.45, 7) is 1.85. The molecular weight excluding hydrogens is 323 g/mol. The number of carbonyl (C=O) groups is 1. The number of aromatic carboxylic acids is 1. The summed E-state index contributed by atoms with van der Waals surface area (Å²) in [4.78, 5) is 15.2. The Labute approximate surface area is 134 Å². The highest BCUT2D eigenvalue weighted by molar-refractivity contribution is 6.31. The quantitative estimate of drug-likeness (QED) is 0.714. The fourth-order valence-corrected chi connectivity index (χ4v) is 2.17. The number of aryl methyl sites for hydroxylation is 1. The Kier molecular flexibility index (Phi) is 3.79. The Morgan fingerprint density at radius 1 is 1.30 bits per heavy atom. The van der Waals surface area contributed by atoms with Crippen LogP contribution in [0.15, 0.2) is 46.8 Å². The maximum Gasteiger partial charge on any atom is 0.358 e. The van der Waals surface area contributed by atoms with E-state index in [1.807, 2.05) is 6.92 Å². The minimum absolute atomic E-state index is 0.0660. The van der Waals surface area contributed by atoms with Crippen LogP contribution in [-0.4, -0.2) is 20.5 Å². The third kappa shape index (κ3) is 2.91. The van der Waals surface area contributed by atoms with Crippen LogP contribution in [0.25, 0.3) is 5.65 Å². The fraction of sp³-hybridized carbons (Fsp3) is 0.0667. The van der Waals surface area contributed by atoms with Crippen LogP contribution in [-0.2, 0) is 0 Å². The zero-order chi connectivity index (χ0) is 16.6. The van der Waals surface area contributed by atoms with Gasteiger partial charge in [-0.25, -0.2) is 14.2 Å². The third-order valence-corrected chi connectivity index (χ3v) is 3.58. The summed E-state index contributed by atoms with van der Waals surface area (Å²) in [5.74, 6) is -1.88. The van der Waals surface area contributed by atoms with Gasteiger partial charge in [0.2, 0.25) is 0 Å². The number of hydrogen-bond donors (Lipinski definition) is 1. The van der Waals surface area contributed by atoms with E-state index >= 15 is 0 Å². The average molecular weight is 333 g/mol. The van der Waals surface area contributed by atoms with Crippen LogP contribution in [0.4, 0.5) is 15.9 Å². The number of halogens is 2. The molecule has 0 unspecified atom stereocenters. The second-order valence-electron chi connectivity index (χ2n) is 4.80. The molecule has 0 bridgehead atoms. The number of fused-ring (bicyclic) bond motifs is 1. The Morgan fingerprint density at radius 3 is 2.78 bits per heavy atom. The first-order valence-corrected chi connectivity index (χ1v) is 6.92. The number of hydrogen-bond acceptors (Lipinski definition) is 4. The topological polar surface area (TPSA) is 79.3 Å².